The Hall–Kier alpha value is -1.64. The SMILES string of the molecule is CCN(CC)S(=O)(=O)N1CCN(C(=O)COc2ccc(C(C)(C)C)cc2)CC1. The molecule has 158 valence electrons. The third-order valence-electron chi connectivity index (χ3n) is 5.03. The van der Waals surface area contributed by atoms with E-state index in [1.165, 1.54) is 14.2 Å². The standard InChI is InChI=1S/C20H33N3O4S/c1-6-22(7-2)28(25,26)23-14-12-21(13-15-23)19(24)16-27-18-10-8-17(9-11-18)20(3,4)5/h8-11H,6-7,12-16H2,1-5H3. The first-order valence-corrected chi connectivity index (χ1v) is 11.3. The van der Waals surface area contributed by atoms with Crippen LogP contribution in [-0.2, 0) is 20.4 Å². The smallest absolute Gasteiger partial charge is 0.282 e. The van der Waals surface area contributed by atoms with Crippen LogP contribution in [0, 0.1) is 0 Å². The fourth-order valence-electron chi connectivity index (χ4n) is 3.17. The highest BCUT2D eigenvalue weighted by molar-refractivity contribution is 7.86. The summed E-state index contributed by atoms with van der Waals surface area (Å²) in [5.74, 6) is 0.531. The highest BCUT2D eigenvalue weighted by Gasteiger charge is 2.32. The third kappa shape index (κ3) is 5.46. The van der Waals surface area contributed by atoms with Crippen LogP contribution in [0.2, 0.25) is 0 Å². The molecule has 2 rings (SSSR count). The van der Waals surface area contributed by atoms with E-state index in [4.69, 9.17) is 4.74 Å². The number of nitrogens with zero attached hydrogens (tertiary/aromatic N) is 3. The number of ether oxygens (including phenoxy) is 1. The maximum absolute atomic E-state index is 12.6. The first kappa shape index (κ1) is 22.6. The van der Waals surface area contributed by atoms with Gasteiger partial charge in [0.25, 0.3) is 16.1 Å². The van der Waals surface area contributed by atoms with Gasteiger partial charge in [-0.05, 0) is 23.1 Å². The number of carbonyl (C=O) groups is 1. The molecule has 0 aliphatic carbocycles. The van der Waals surface area contributed by atoms with E-state index >= 15 is 0 Å². The lowest BCUT2D eigenvalue weighted by Crippen LogP contribution is -2.54. The second-order valence-electron chi connectivity index (χ2n) is 7.93. The van der Waals surface area contributed by atoms with Crippen molar-refractivity contribution in [1.82, 2.24) is 13.5 Å². The van der Waals surface area contributed by atoms with E-state index in [0.29, 0.717) is 45.0 Å². The van der Waals surface area contributed by atoms with Crippen molar-refractivity contribution in [2.75, 3.05) is 45.9 Å². The molecule has 0 atom stereocenters. The van der Waals surface area contributed by atoms with Crippen LogP contribution in [0.3, 0.4) is 0 Å². The molecule has 0 aromatic heterocycles. The Morgan fingerprint density at radius 3 is 2.04 bits per heavy atom. The summed E-state index contributed by atoms with van der Waals surface area (Å²) in [7, 11) is -3.45. The van der Waals surface area contributed by atoms with Crippen LogP contribution in [0.4, 0.5) is 0 Å². The van der Waals surface area contributed by atoms with Crippen molar-refractivity contribution in [1.29, 1.82) is 0 Å². The Morgan fingerprint density at radius 2 is 1.57 bits per heavy atom. The van der Waals surface area contributed by atoms with E-state index in [1.807, 2.05) is 38.1 Å². The molecule has 1 aliphatic rings. The van der Waals surface area contributed by atoms with E-state index in [1.54, 1.807) is 4.90 Å². The average Bonchev–Trinajstić information content (AvgIpc) is 2.66. The topological polar surface area (TPSA) is 70.2 Å². The van der Waals surface area contributed by atoms with Gasteiger partial charge in [0.15, 0.2) is 6.61 Å². The lowest BCUT2D eigenvalue weighted by Gasteiger charge is -2.36. The Labute approximate surface area is 169 Å². The van der Waals surface area contributed by atoms with Gasteiger partial charge in [-0.1, -0.05) is 46.8 Å². The van der Waals surface area contributed by atoms with Crippen molar-refractivity contribution in [2.45, 2.75) is 40.0 Å². The van der Waals surface area contributed by atoms with Crippen molar-refractivity contribution in [3.63, 3.8) is 0 Å². The zero-order chi connectivity index (χ0) is 20.9. The summed E-state index contributed by atoms with van der Waals surface area (Å²) in [6, 6.07) is 7.78. The van der Waals surface area contributed by atoms with Gasteiger partial charge >= 0.3 is 0 Å². The van der Waals surface area contributed by atoms with E-state index in [0.717, 1.165) is 0 Å². The van der Waals surface area contributed by atoms with Gasteiger partial charge in [-0.3, -0.25) is 4.79 Å². The number of piperazine rings is 1. The lowest BCUT2D eigenvalue weighted by molar-refractivity contribution is -0.134. The van der Waals surface area contributed by atoms with Crippen molar-refractivity contribution >= 4 is 16.1 Å². The molecule has 7 nitrogen and oxygen atoms in total. The zero-order valence-corrected chi connectivity index (χ0v) is 18.5. The molecule has 8 heteroatoms. The van der Waals surface area contributed by atoms with Crippen LogP contribution >= 0.6 is 0 Å². The largest absolute Gasteiger partial charge is 0.484 e. The number of rotatable bonds is 7. The van der Waals surface area contributed by atoms with Crippen LogP contribution in [0.5, 0.6) is 5.75 Å². The predicted octanol–water partition coefficient (Wildman–Crippen LogP) is 2.09. The summed E-state index contributed by atoms with van der Waals surface area (Å²) in [6.45, 7) is 12.3. The zero-order valence-electron chi connectivity index (χ0n) is 17.6. The monoisotopic (exact) mass is 411 g/mol. The molecule has 0 spiro atoms. The Morgan fingerprint density at radius 1 is 1.04 bits per heavy atom. The molecule has 0 bridgehead atoms. The van der Waals surface area contributed by atoms with Crippen LogP contribution in [0.15, 0.2) is 24.3 Å². The number of carbonyl (C=O) groups excluding carboxylic acids is 1. The minimum Gasteiger partial charge on any atom is -0.484 e. The van der Waals surface area contributed by atoms with E-state index in [9.17, 15) is 13.2 Å². The van der Waals surface area contributed by atoms with E-state index < -0.39 is 10.2 Å². The minimum absolute atomic E-state index is 0.0440. The molecule has 1 aromatic carbocycles. The number of hydrogen-bond acceptors (Lipinski definition) is 4. The van der Waals surface area contributed by atoms with Gasteiger partial charge in [-0.15, -0.1) is 0 Å². The first-order valence-electron chi connectivity index (χ1n) is 9.86. The molecule has 0 unspecified atom stereocenters. The number of hydrogen-bond donors (Lipinski definition) is 0. The number of benzene rings is 1. The molecule has 1 fully saturated rings. The molecule has 0 N–H and O–H groups in total. The van der Waals surface area contributed by atoms with Gasteiger partial charge in [0.2, 0.25) is 0 Å². The molecule has 1 heterocycles. The Balaban J connectivity index is 1.85. The quantitative estimate of drug-likeness (QED) is 0.689. The molecule has 1 aliphatic heterocycles. The van der Waals surface area contributed by atoms with Crippen molar-refractivity contribution in [3.05, 3.63) is 29.8 Å². The predicted molar refractivity (Wildman–Crippen MR) is 111 cm³/mol. The molecule has 28 heavy (non-hydrogen) atoms. The summed E-state index contributed by atoms with van der Waals surface area (Å²) in [5.41, 5.74) is 1.27. The second kappa shape index (κ2) is 9.24. The van der Waals surface area contributed by atoms with Gasteiger partial charge in [0.1, 0.15) is 5.75 Å². The molecule has 1 aromatic rings. The van der Waals surface area contributed by atoms with Crippen molar-refractivity contribution in [3.8, 4) is 5.75 Å². The minimum atomic E-state index is -3.45. The van der Waals surface area contributed by atoms with Crippen molar-refractivity contribution in [2.24, 2.45) is 0 Å². The number of amides is 1. The van der Waals surface area contributed by atoms with Gasteiger partial charge in [-0.2, -0.15) is 17.0 Å². The molecule has 0 radical (unpaired) electrons. The average molecular weight is 412 g/mol. The van der Waals surface area contributed by atoms with Gasteiger partial charge in [0.05, 0.1) is 0 Å². The molecule has 1 saturated heterocycles. The van der Waals surface area contributed by atoms with E-state index in [-0.39, 0.29) is 17.9 Å². The van der Waals surface area contributed by atoms with Gasteiger partial charge in [-0.25, -0.2) is 0 Å². The fourth-order valence-corrected chi connectivity index (χ4v) is 4.77. The maximum Gasteiger partial charge on any atom is 0.282 e. The lowest BCUT2D eigenvalue weighted by atomic mass is 9.87. The summed E-state index contributed by atoms with van der Waals surface area (Å²) < 4.78 is 33.6. The van der Waals surface area contributed by atoms with Crippen LogP contribution in [0.25, 0.3) is 0 Å². The molecule has 0 saturated carbocycles. The summed E-state index contributed by atoms with van der Waals surface area (Å²) in [5, 5.41) is 0. The first-order chi connectivity index (χ1) is 13.1. The molecule has 1 amide bonds. The fraction of sp³-hybridized carbons (Fsp3) is 0.650. The molecular formula is C20H33N3O4S. The normalized spacial score (nSPS) is 16.4. The summed E-state index contributed by atoms with van der Waals surface area (Å²) >= 11 is 0. The second-order valence-corrected chi connectivity index (χ2v) is 9.86. The Bertz CT molecular complexity index is 745. The Kier molecular flexibility index (Phi) is 7.47. The van der Waals surface area contributed by atoms with Gasteiger partial charge in [0, 0.05) is 39.3 Å². The van der Waals surface area contributed by atoms with Gasteiger partial charge < -0.3 is 9.64 Å². The third-order valence-corrected chi connectivity index (χ3v) is 7.22. The highest BCUT2D eigenvalue weighted by atomic mass is 32.2. The van der Waals surface area contributed by atoms with Crippen molar-refractivity contribution < 1.29 is 17.9 Å². The summed E-state index contributed by atoms with van der Waals surface area (Å²) in [4.78, 5) is 14.1. The van der Waals surface area contributed by atoms with Crippen LogP contribution < -0.4 is 4.74 Å². The highest BCUT2D eigenvalue weighted by Crippen LogP contribution is 2.24. The van der Waals surface area contributed by atoms with E-state index in [2.05, 4.69) is 20.8 Å². The van der Waals surface area contributed by atoms with Crippen LogP contribution in [-0.4, -0.2) is 73.7 Å². The summed E-state index contributed by atoms with van der Waals surface area (Å²) in [6.07, 6.45) is 0. The van der Waals surface area contributed by atoms with Crippen LogP contribution in [0.1, 0.15) is 40.2 Å². The molecular weight excluding hydrogens is 378 g/mol. The maximum atomic E-state index is 12.6.